The van der Waals surface area contributed by atoms with Crippen molar-refractivity contribution in [2.75, 3.05) is 0 Å². The molecule has 1 aliphatic heterocycles. The number of rotatable bonds is 0. The molecule has 0 saturated carbocycles. The predicted octanol–water partition coefficient (Wildman–Crippen LogP) is -15.5. The van der Waals surface area contributed by atoms with Gasteiger partial charge in [-0.15, -0.1) is 0 Å². The Kier molecular flexibility index (Phi) is 52.4. The molecule has 0 amide bonds. The summed E-state index contributed by atoms with van der Waals surface area (Å²) in [6, 6.07) is 0. The maximum atomic E-state index is 10.2. The van der Waals surface area contributed by atoms with Crippen molar-refractivity contribution in [3.8, 4) is 0 Å². The first-order valence-electron chi connectivity index (χ1n) is 2.19. The van der Waals surface area contributed by atoms with E-state index in [0.29, 0.717) is 0 Å². The fraction of sp³-hybridized carbons (Fsp3) is 0. The number of phosphoric acid groups is 3. The normalized spacial score (nSPS) is 31.6. The van der Waals surface area contributed by atoms with Crippen molar-refractivity contribution in [3.05, 3.63) is 0 Å². The third-order valence-electron chi connectivity index (χ3n) is 0.600. The van der Waals surface area contributed by atoms with E-state index in [1.807, 2.05) is 0 Å². The monoisotopic (exact) mass is 414 g/mol. The van der Waals surface area contributed by atoms with Crippen LogP contribution in [0, 0.1) is 0 Å². The summed E-state index contributed by atoms with van der Waals surface area (Å²) in [6.07, 6.45) is 0. The van der Waals surface area contributed by atoms with Gasteiger partial charge in [-0.2, -0.15) is 0 Å². The van der Waals surface area contributed by atoms with Crippen molar-refractivity contribution in [1.82, 2.24) is 0 Å². The molecule has 0 unspecified atom stereocenters. The summed E-state index contributed by atoms with van der Waals surface area (Å²) in [5.74, 6) is 0. The van der Waals surface area contributed by atoms with Crippen LogP contribution in [0.4, 0.5) is 0 Å². The Hall–Kier alpha value is 3.21. The first-order chi connectivity index (χ1) is 5.12. The van der Waals surface area contributed by atoms with Crippen molar-refractivity contribution < 1.29 is 163 Å². The zero-order valence-corrected chi connectivity index (χ0v) is 19.7. The van der Waals surface area contributed by atoms with Gasteiger partial charge in [0.1, 0.15) is 0 Å². The fourth-order valence-electron chi connectivity index (χ4n) is 0.412. The molecule has 1 fully saturated rings. The third kappa shape index (κ3) is 23.2. The van der Waals surface area contributed by atoms with Gasteiger partial charge in [-0.25, -0.2) is 12.9 Å². The quantitative estimate of drug-likeness (QED) is 0.268. The van der Waals surface area contributed by atoms with Crippen LogP contribution in [-0.4, -0.2) is 32.9 Å². The van der Waals surface area contributed by atoms with Crippen LogP contribution < -0.4 is 103 Å². The SMILES string of the molecule is O.O.O.O.O.O.O=P1([O-])OP(=O)([O-])OP(=O)([O-])O1.[Na+].[Na+].[Na+]. The number of hydrogen-bond donors (Lipinski definition) is 0. The third-order valence-corrected chi connectivity index (χ3v) is 5.40. The Morgan fingerprint density at radius 3 is 0.667 bits per heavy atom. The van der Waals surface area contributed by atoms with Gasteiger partial charge in [0.15, 0.2) is 0 Å². The molecule has 0 aromatic rings. The van der Waals surface area contributed by atoms with Crippen LogP contribution in [0.2, 0.25) is 0 Å². The maximum Gasteiger partial charge on any atom is 1.00 e. The average Bonchev–Trinajstić information content (AvgIpc) is 1.44. The van der Waals surface area contributed by atoms with Crippen molar-refractivity contribution in [1.29, 1.82) is 0 Å². The summed E-state index contributed by atoms with van der Waals surface area (Å²) >= 11 is 0. The minimum atomic E-state index is -5.36. The smallest absolute Gasteiger partial charge is 0.756 e. The molecule has 1 aliphatic rings. The molecule has 0 aromatic carbocycles. The van der Waals surface area contributed by atoms with E-state index < -0.39 is 23.5 Å². The van der Waals surface area contributed by atoms with Gasteiger partial charge in [0, 0.05) is 0 Å². The standard InChI is InChI=1S/3Na.H3O9P3.6H2O/c;;;1-10(2)7-11(3,4)9-12(5,6)8-10;;;;;;/h;;;(H,1,2)(H,3,4)(H,5,6);6*1H2/q3*+1;;;;;;;/p-3. The molecular weight excluding hydrogens is 402 g/mol. The van der Waals surface area contributed by atoms with Gasteiger partial charge in [0.25, 0.3) is 23.5 Å². The Labute approximate surface area is 184 Å². The van der Waals surface area contributed by atoms with Crippen LogP contribution in [0.5, 0.6) is 0 Å². The second kappa shape index (κ2) is 19.5. The molecule has 0 radical (unpaired) electrons. The first kappa shape index (κ1) is 56.4. The maximum absolute atomic E-state index is 10.2. The van der Waals surface area contributed by atoms with E-state index in [2.05, 4.69) is 12.9 Å². The van der Waals surface area contributed by atoms with Crippen molar-refractivity contribution in [2.24, 2.45) is 0 Å². The van der Waals surface area contributed by atoms with Crippen LogP contribution in [0.15, 0.2) is 0 Å². The molecule has 1 heterocycles. The van der Waals surface area contributed by atoms with Gasteiger partial charge in [-0.3, -0.25) is 13.7 Å². The summed E-state index contributed by atoms with van der Waals surface area (Å²) in [6.45, 7) is 0. The topological polar surface area (TPSA) is 337 Å². The molecule has 0 spiro atoms. The molecule has 1 rings (SSSR count). The summed E-state index contributed by atoms with van der Waals surface area (Å²) in [4.78, 5) is 30.7. The minimum absolute atomic E-state index is 0. The largest absolute Gasteiger partial charge is 1.00 e. The Balaban J connectivity index is -0.0000000229. The van der Waals surface area contributed by atoms with E-state index in [9.17, 15) is 28.4 Å². The summed E-state index contributed by atoms with van der Waals surface area (Å²) in [5, 5.41) is 0. The van der Waals surface area contributed by atoms with E-state index >= 15 is 0 Å². The number of hydrogen-bond acceptors (Lipinski definition) is 9. The van der Waals surface area contributed by atoms with E-state index in [4.69, 9.17) is 0 Å². The van der Waals surface area contributed by atoms with Gasteiger partial charge >= 0.3 is 88.7 Å². The molecule has 120 valence electrons. The van der Waals surface area contributed by atoms with Crippen LogP contribution in [0.1, 0.15) is 0 Å². The molecule has 21 heteroatoms. The summed E-state index contributed by atoms with van der Waals surface area (Å²) < 4.78 is 40.3. The van der Waals surface area contributed by atoms with Crippen molar-refractivity contribution in [2.45, 2.75) is 0 Å². The molecule has 0 atom stereocenters. The fourth-order valence-corrected chi connectivity index (χ4v) is 4.51. The van der Waals surface area contributed by atoms with Crippen LogP contribution >= 0.6 is 23.5 Å². The summed E-state index contributed by atoms with van der Waals surface area (Å²) in [5.41, 5.74) is 0. The molecule has 15 nitrogen and oxygen atoms in total. The van der Waals surface area contributed by atoms with Gasteiger partial charge in [0.2, 0.25) is 0 Å². The zero-order valence-electron chi connectivity index (χ0n) is 11.0. The van der Waals surface area contributed by atoms with Crippen LogP contribution in [-0.2, 0) is 26.6 Å². The molecule has 1 saturated heterocycles. The molecule has 0 aromatic heterocycles. The Morgan fingerprint density at radius 2 is 0.571 bits per heavy atom. The molecular formula is H12Na3O15P3. The molecule has 0 bridgehead atoms. The van der Waals surface area contributed by atoms with Crippen molar-refractivity contribution in [3.63, 3.8) is 0 Å². The van der Waals surface area contributed by atoms with E-state index in [1.165, 1.54) is 0 Å². The Morgan fingerprint density at radius 1 is 0.476 bits per heavy atom. The second-order valence-electron chi connectivity index (χ2n) is 1.59. The minimum Gasteiger partial charge on any atom is -0.756 e. The zero-order chi connectivity index (χ0) is 9.62. The Bertz CT molecular complexity index is 269. The van der Waals surface area contributed by atoms with Crippen LogP contribution in [0.25, 0.3) is 0 Å². The van der Waals surface area contributed by atoms with Gasteiger partial charge in [-0.1, -0.05) is 0 Å². The molecule has 21 heavy (non-hydrogen) atoms. The van der Waals surface area contributed by atoms with Crippen molar-refractivity contribution >= 4 is 23.5 Å². The van der Waals surface area contributed by atoms with Gasteiger partial charge in [-0.05, 0) is 0 Å². The van der Waals surface area contributed by atoms with Gasteiger partial charge < -0.3 is 47.5 Å². The predicted molar refractivity (Wildman–Crippen MR) is 47.8 cm³/mol. The van der Waals surface area contributed by atoms with E-state index in [0.717, 1.165) is 0 Å². The van der Waals surface area contributed by atoms with E-state index in [1.54, 1.807) is 0 Å². The van der Waals surface area contributed by atoms with Gasteiger partial charge in [0.05, 0.1) is 0 Å². The second-order valence-corrected chi connectivity index (χ2v) is 6.23. The van der Waals surface area contributed by atoms with E-state index in [-0.39, 0.29) is 122 Å². The summed E-state index contributed by atoms with van der Waals surface area (Å²) in [7, 11) is -16.1. The first-order valence-corrected chi connectivity index (χ1v) is 6.57. The molecule has 0 aliphatic carbocycles. The average molecular weight is 414 g/mol. The molecule has 12 N–H and O–H groups in total. The van der Waals surface area contributed by atoms with Crippen LogP contribution in [0.3, 0.4) is 0 Å².